The third-order valence-electron chi connectivity index (χ3n) is 6.94. The first-order chi connectivity index (χ1) is 14.1. The summed E-state index contributed by atoms with van der Waals surface area (Å²) in [5, 5.41) is 3.29. The first-order valence-electron chi connectivity index (χ1n) is 10.9. The average Bonchev–Trinajstić information content (AvgIpc) is 3.13. The first kappa shape index (κ1) is 18.9. The van der Waals surface area contributed by atoms with E-state index < -0.39 is 0 Å². The van der Waals surface area contributed by atoms with Gasteiger partial charge in [0, 0.05) is 24.7 Å². The van der Waals surface area contributed by atoms with Crippen LogP contribution in [0.25, 0.3) is 11.1 Å². The Bertz CT molecular complexity index is 883. The van der Waals surface area contributed by atoms with E-state index in [1.807, 2.05) is 18.2 Å². The maximum atomic E-state index is 13.1. The van der Waals surface area contributed by atoms with Crippen molar-refractivity contribution in [2.24, 2.45) is 0 Å². The molecule has 7 heteroatoms. The zero-order valence-corrected chi connectivity index (χ0v) is 17.3. The minimum Gasteiger partial charge on any atom is -0.423 e. The van der Waals surface area contributed by atoms with Gasteiger partial charge in [0.1, 0.15) is 5.52 Å². The number of nitrogens with zero attached hydrogens (tertiary/aromatic N) is 3. The summed E-state index contributed by atoms with van der Waals surface area (Å²) in [6.45, 7) is 4.16. The fraction of sp³-hybridized carbons (Fsp3) is 0.636. The third kappa shape index (κ3) is 3.51. The summed E-state index contributed by atoms with van der Waals surface area (Å²) in [7, 11) is 2.23. The minimum absolute atomic E-state index is 0.0434. The van der Waals surface area contributed by atoms with Crippen LogP contribution in [0.4, 0.5) is 6.01 Å². The Balaban J connectivity index is 1.36. The lowest BCUT2D eigenvalue weighted by atomic mass is 9.82. The van der Waals surface area contributed by atoms with Crippen molar-refractivity contribution < 1.29 is 13.9 Å². The molecule has 1 unspecified atom stereocenters. The van der Waals surface area contributed by atoms with Crippen molar-refractivity contribution in [1.29, 1.82) is 0 Å². The molecule has 0 radical (unpaired) electrons. The van der Waals surface area contributed by atoms with E-state index in [1.54, 1.807) is 0 Å². The third-order valence-corrected chi connectivity index (χ3v) is 6.94. The fourth-order valence-electron chi connectivity index (χ4n) is 5.25. The number of para-hydroxylation sites is 1. The molecule has 3 fully saturated rings. The van der Waals surface area contributed by atoms with E-state index in [0.29, 0.717) is 48.0 Å². The molecule has 4 atom stereocenters. The molecule has 2 aromatic rings. The van der Waals surface area contributed by atoms with Crippen molar-refractivity contribution in [3.05, 3.63) is 23.8 Å². The summed E-state index contributed by atoms with van der Waals surface area (Å²) in [5.41, 5.74) is 1.90. The first-order valence-corrected chi connectivity index (χ1v) is 10.9. The summed E-state index contributed by atoms with van der Waals surface area (Å²) in [5.74, 6) is -0.0434. The number of hydrogen-bond donors (Lipinski definition) is 1. The number of ether oxygens (including phenoxy) is 1. The standard InChI is InChI=1S/C22H30N4O3/c1-14-13-28-10-9-26(14)22-24-20-18(7-4-8-19(20)29-22)21(27)23-15-11-16-5-3-6-17(12-15)25(16)2/h4,7-8,14-17H,3,5-6,9-13H2,1-2H3,(H,23,27)/t14-,15?,16-,17+/m1/s1. The number of amides is 1. The molecule has 0 saturated carbocycles. The number of morpholine rings is 1. The van der Waals surface area contributed by atoms with Crippen molar-refractivity contribution in [2.45, 2.75) is 63.2 Å². The van der Waals surface area contributed by atoms with Gasteiger partial charge in [-0.3, -0.25) is 4.79 Å². The van der Waals surface area contributed by atoms with Gasteiger partial charge in [0.15, 0.2) is 5.58 Å². The molecule has 1 amide bonds. The van der Waals surface area contributed by atoms with Crippen molar-refractivity contribution in [1.82, 2.24) is 15.2 Å². The molecule has 0 aliphatic carbocycles. The smallest absolute Gasteiger partial charge is 0.298 e. The molecule has 3 saturated heterocycles. The topological polar surface area (TPSA) is 70.8 Å². The number of benzene rings is 1. The summed E-state index contributed by atoms with van der Waals surface area (Å²) in [6.07, 6.45) is 5.84. The Labute approximate surface area is 171 Å². The lowest BCUT2D eigenvalue weighted by molar-refractivity contribution is 0.0463. The highest BCUT2D eigenvalue weighted by atomic mass is 16.5. The van der Waals surface area contributed by atoms with Crippen LogP contribution in [0.3, 0.4) is 0 Å². The van der Waals surface area contributed by atoms with Crippen LogP contribution in [0.5, 0.6) is 0 Å². The zero-order chi connectivity index (χ0) is 20.0. The van der Waals surface area contributed by atoms with E-state index in [1.165, 1.54) is 19.3 Å². The number of oxazole rings is 1. The molecule has 4 heterocycles. The lowest BCUT2D eigenvalue weighted by Crippen LogP contribution is -2.55. The number of hydrogen-bond acceptors (Lipinski definition) is 6. The molecule has 7 nitrogen and oxygen atoms in total. The Kier molecular flexibility index (Phi) is 4.95. The normalized spacial score (nSPS) is 30.5. The van der Waals surface area contributed by atoms with E-state index in [2.05, 4.69) is 29.1 Å². The highest BCUT2D eigenvalue weighted by molar-refractivity contribution is 6.04. The Morgan fingerprint density at radius 1 is 1.24 bits per heavy atom. The van der Waals surface area contributed by atoms with Gasteiger partial charge < -0.3 is 24.3 Å². The van der Waals surface area contributed by atoms with Crippen LogP contribution in [-0.4, -0.2) is 66.8 Å². The lowest BCUT2D eigenvalue weighted by Gasteiger charge is -2.47. The van der Waals surface area contributed by atoms with E-state index in [-0.39, 0.29) is 18.0 Å². The fourth-order valence-corrected chi connectivity index (χ4v) is 5.25. The minimum atomic E-state index is -0.0434. The average molecular weight is 399 g/mol. The highest BCUT2D eigenvalue weighted by Gasteiger charge is 2.36. The van der Waals surface area contributed by atoms with Crippen LogP contribution in [0.1, 0.15) is 49.4 Å². The second-order valence-electron chi connectivity index (χ2n) is 8.81. The van der Waals surface area contributed by atoms with Gasteiger partial charge in [-0.05, 0) is 51.8 Å². The van der Waals surface area contributed by atoms with E-state index >= 15 is 0 Å². The van der Waals surface area contributed by atoms with Crippen molar-refractivity contribution in [2.75, 3.05) is 31.7 Å². The van der Waals surface area contributed by atoms with Crippen LogP contribution >= 0.6 is 0 Å². The van der Waals surface area contributed by atoms with Crippen LogP contribution in [0.15, 0.2) is 22.6 Å². The van der Waals surface area contributed by atoms with Crippen molar-refractivity contribution in [3.63, 3.8) is 0 Å². The molecule has 156 valence electrons. The van der Waals surface area contributed by atoms with Crippen LogP contribution in [0.2, 0.25) is 0 Å². The van der Waals surface area contributed by atoms with Gasteiger partial charge >= 0.3 is 0 Å². The predicted octanol–water partition coefficient (Wildman–Crippen LogP) is 2.80. The molecule has 3 aliphatic rings. The SMILES string of the molecule is C[C@@H]1COCCN1c1nc2c(C(=O)NC3C[C@H]4CCC[C@@H](C3)N4C)cccc2o1. The summed E-state index contributed by atoms with van der Waals surface area (Å²) in [4.78, 5) is 22.5. The van der Waals surface area contributed by atoms with E-state index in [4.69, 9.17) is 14.1 Å². The maximum Gasteiger partial charge on any atom is 0.298 e. The van der Waals surface area contributed by atoms with Gasteiger partial charge in [0.25, 0.3) is 11.9 Å². The number of anilines is 1. The number of carbonyl (C=O) groups excluding carboxylic acids is 1. The molecule has 1 N–H and O–H groups in total. The summed E-state index contributed by atoms with van der Waals surface area (Å²) < 4.78 is 11.5. The maximum absolute atomic E-state index is 13.1. The summed E-state index contributed by atoms with van der Waals surface area (Å²) >= 11 is 0. The Hall–Kier alpha value is -2.12. The summed E-state index contributed by atoms with van der Waals surface area (Å²) in [6, 6.07) is 7.79. The Morgan fingerprint density at radius 3 is 2.79 bits per heavy atom. The number of rotatable bonds is 3. The van der Waals surface area contributed by atoms with Gasteiger partial charge in [-0.25, -0.2) is 0 Å². The predicted molar refractivity (Wildman–Crippen MR) is 111 cm³/mol. The molecule has 1 aromatic heterocycles. The van der Waals surface area contributed by atoms with E-state index in [9.17, 15) is 4.79 Å². The molecular weight excluding hydrogens is 368 g/mol. The molecule has 5 rings (SSSR count). The largest absolute Gasteiger partial charge is 0.423 e. The second kappa shape index (κ2) is 7.61. The number of aromatic nitrogens is 1. The molecular formula is C22H30N4O3. The van der Waals surface area contributed by atoms with Crippen molar-refractivity contribution >= 4 is 23.0 Å². The van der Waals surface area contributed by atoms with Crippen molar-refractivity contribution in [3.8, 4) is 0 Å². The molecule has 2 bridgehead atoms. The number of carbonyl (C=O) groups is 1. The van der Waals surface area contributed by atoms with Gasteiger partial charge in [-0.2, -0.15) is 4.98 Å². The quantitative estimate of drug-likeness (QED) is 0.857. The number of fused-ring (bicyclic) bond motifs is 3. The van der Waals surface area contributed by atoms with Gasteiger partial charge in [0.05, 0.1) is 24.8 Å². The van der Waals surface area contributed by atoms with Crippen LogP contribution in [-0.2, 0) is 4.74 Å². The molecule has 1 aromatic carbocycles. The van der Waals surface area contributed by atoms with E-state index in [0.717, 1.165) is 19.4 Å². The monoisotopic (exact) mass is 398 g/mol. The number of nitrogens with one attached hydrogen (secondary N) is 1. The Morgan fingerprint density at radius 2 is 2.03 bits per heavy atom. The molecule has 3 aliphatic heterocycles. The second-order valence-corrected chi connectivity index (χ2v) is 8.81. The zero-order valence-electron chi connectivity index (χ0n) is 17.3. The van der Waals surface area contributed by atoms with Crippen LogP contribution in [0, 0.1) is 0 Å². The molecule has 0 spiro atoms. The van der Waals surface area contributed by atoms with Gasteiger partial charge in [0.2, 0.25) is 0 Å². The van der Waals surface area contributed by atoms with Gasteiger partial charge in [-0.1, -0.05) is 12.5 Å². The van der Waals surface area contributed by atoms with Gasteiger partial charge in [-0.15, -0.1) is 0 Å². The highest BCUT2D eigenvalue weighted by Crippen LogP contribution is 2.33. The van der Waals surface area contributed by atoms with Crippen LogP contribution < -0.4 is 10.2 Å². The molecule has 29 heavy (non-hydrogen) atoms. The number of piperidine rings is 2.